The molecule has 2 N–H and O–H groups in total. The van der Waals surface area contributed by atoms with E-state index >= 15 is 0 Å². The van der Waals surface area contributed by atoms with Crippen molar-refractivity contribution < 1.29 is 23.1 Å². The molecule has 0 aromatic carbocycles. The number of carboxylic acids is 1. The van der Waals surface area contributed by atoms with Gasteiger partial charge in [-0.25, -0.2) is 13.1 Å². The molecule has 0 spiro atoms. The van der Waals surface area contributed by atoms with Crippen LogP contribution in [0.25, 0.3) is 0 Å². The van der Waals surface area contributed by atoms with Gasteiger partial charge in [0.05, 0.1) is 17.8 Å². The molecule has 0 rings (SSSR count). The molecule has 6 nitrogen and oxygen atoms in total. The molecule has 0 unspecified atom stereocenters. The number of aliphatic carboxylic acids is 1. The lowest BCUT2D eigenvalue weighted by Crippen LogP contribution is -2.40. The van der Waals surface area contributed by atoms with E-state index in [-0.39, 0.29) is 18.9 Å². The molecule has 0 atom stereocenters. The highest BCUT2D eigenvalue weighted by Crippen LogP contribution is 2.13. The van der Waals surface area contributed by atoms with Gasteiger partial charge in [-0.2, -0.15) is 0 Å². The summed E-state index contributed by atoms with van der Waals surface area (Å²) in [5.74, 6) is -1.20. The predicted molar refractivity (Wildman–Crippen MR) is 59.7 cm³/mol. The van der Waals surface area contributed by atoms with Gasteiger partial charge in [0.2, 0.25) is 10.0 Å². The zero-order valence-corrected chi connectivity index (χ0v) is 10.6. The Balaban J connectivity index is 4.14. The standard InChI is InChI=1S/C9H19NO5S/c1-4-15-5-6-16(13,14)10-7-9(2,3)8(11)12/h10H,4-7H2,1-3H3,(H,11,12). The van der Waals surface area contributed by atoms with Crippen molar-refractivity contribution in [3.63, 3.8) is 0 Å². The second-order valence-electron chi connectivity index (χ2n) is 4.03. The maximum Gasteiger partial charge on any atom is 0.310 e. The van der Waals surface area contributed by atoms with E-state index in [1.54, 1.807) is 6.92 Å². The van der Waals surface area contributed by atoms with Crippen LogP contribution in [0.3, 0.4) is 0 Å². The van der Waals surface area contributed by atoms with Crippen LogP contribution in [-0.2, 0) is 19.6 Å². The van der Waals surface area contributed by atoms with Crippen LogP contribution >= 0.6 is 0 Å². The number of rotatable bonds is 8. The van der Waals surface area contributed by atoms with Gasteiger partial charge in [0.25, 0.3) is 0 Å². The maximum atomic E-state index is 11.4. The van der Waals surface area contributed by atoms with Crippen LogP contribution in [0.2, 0.25) is 0 Å². The maximum absolute atomic E-state index is 11.4. The van der Waals surface area contributed by atoms with Crippen molar-refractivity contribution >= 4 is 16.0 Å². The predicted octanol–water partition coefficient (Wildman–Crippen LogP) is 0.0531. The number of carboxylic acid groups (broad SMARTS) is 1. The Hall–Kier alpha value is -0.660. The van der Waals surface area contributed by atoms with E-state index in [9.17, 15) is 13.2 Å². The van der Waals surface area contributed by atoms with Gasteiger partial charge in [-0.15, -0.1) is 0 Å². The topological polar surface area (TPSA) is 92.7 Å². The minimum absolute atomic E-state index is 0.110. The summed E-state index contributed by atoms with van der Waals surface area (Å²) < 4.78 is 29.9. The van der Waals surface area contributed by atoms with Gasteiger partial charge >= 0.3 is 5.97 Å². The average Bonchev–Trinajstić information content (AvgIpc) is 2.15. The highest BCUT2D eigenvalue weighted by atomic mass is 32.2. The van der Waals surface area contributed by atoms with Crippen molar-refractivity contribution in [2.75, 3.05) is 25.5 Å². The fourth-order valence-corrected chi connectivity index (χ4v) is 1.81. The monoisotopic (exact) mass is 253 g/mol. The molecule has 0 amide bonds. The fraction of sp³-hybridized carbons (Fsp3) is 0.889. The zero-order valence-electron chi connectivity index (χ0n) is 9.82. The largest absolute Gasteiger partial charge is 0.481 e. The Morgan fingerprint density at radius 1 is 1.44 bits per heavy atom. The molecule has 0 fully saturated rings. The third-order valence-electron chi connectivity index (χ3n) is 2.01. The molecule has 0 heterocycles. The lowest BCUT2D eigenvalue weighted by Gasteiger charge is -2.19. The van der Waals surface area contributed by atoms with Gasteiger partial charge in [0.1, 0.15) is 0 Å². The molecule has 0 aromatic heterocycles. The average molecular weight is 253 g/mol. The molecule has 0 radical (unpaired) electrons. The summed E-state index contributed by atoms with van der Waals surface area (Å²) in [5, 5.41) is 8.79. The van der Waals surface area contributed by atoms with Crippen molar-refractivity contribution in [1.29, 1.82) is 0 Å². The normalized spacial score (nSPS) is 12.7. The molecule has 0 aromatic rings. The summed E-state index contributed by atoms with van der Waals surface area (Å²) in [6, 6.07) is 0. The molecule has 96 valence electrons. The number of hydrogen-bond donors (Lipinski definition) is 2. The SMILES string of the molecule is CCOCCS(=O)(=O)NCC(C)(C)C(=O)O. The van der Waals surface area contributed by atoms with E-state index in [0.29, 0.717) is 6.61 Å². The fourth-order valence-electron chi connectivity index (χ4n) is 0.751. The van der Waals surface area contributed by atoms with Gasteiger partial charge in [0, 0.05) is 13.2 Å². The molecule has 7 heteroatoms. The Kier molecular flexibility index (Phi) is 5.91. The van der Waals surface area contributed by atoms with Crippen LogP contribution in [0, 0.1) is 5.41 Å². The molecule has 0 aliphatic heterocycles. The van der Waals surface area contributed by atoms with Crippen LogP contribution < -0.4 is 4.72 Å². The molecular weight excluding hydrogens is 234 g/mol. The Morgan fingerprint density at radius 2 is 2.00 bits per heavy atom. The highest BCUT2D eigenvalue weighted by Gasteiger charge is 2.28. The smallest absolute Gasteiger partial charge is 0.310 e. The number of carbonyl (C=O) groups is 1. The van der Waals surface area contributed by atoms with E-state index in [0.717, 1.165) is 0 Å². The van der Waals surface area contributed by atoms with Gasteiger partial charge in [0.15, 0.2) is 0 Å². The quantitative estimate of drug-likeness (QED) is 0.596. The van der Waals surface area contributed by atoms with Gasteiger partial charge < -0.3 is 9.84 Å². The molecule has 0 saturated heterocycles. The summed E-state index contributed by atoms with van der Waals surface area (Å²) in [5.41, 5.74) is -1.11. The highest BCUT2D eigenvalue weighted by molar-refractivity contribution is 7.89. The summed E-state index contributed by atoms with van der Waals surface area (Å²) >= 11 is 0. The van der Waals surface area contributed by atoms with E-state index < -0.39 is 21.4 Å². The van der Waals surface area contributed by atoms with E-state index in [2.05, 4.69) is 4.72 Å². The Bertz CT molecular complexity index is 323. The van der Waals surface area contributed by atoms with Crippen molar-refractivity contribution in [3.05, 3.63) is 0 Å². The molecule has 0 aliphatic rings. The molecule has 0 saturated carbocycles. The van der Waals surface area contributed by atoms with Crippen LogP contribution in [0.4, 0.5) is 0 Å². The minimum Gasteiger partial charge on any atom is -0.481 e. The third kappa shape index (κ3) is 6.04. The Labute approximate surface area is 96.0 Å². The summed E-state index contributed by atoms with van der Waals surface area (Å²) in [6.07, 6.45) is 0. The lowest BCUT2D eigenvalue weighted by molar-refractivity contribution is -0.146. The summed E-state index contributed by atoms with van der Waals surface area (Å²) in [6.45, 7) is 5.13. The number of ether oxygens (including phenoxy) is 1. The van der Waals surface area contributed by atoms with Crippen molar-refractivity contribution in [3.8, 4) is 0 Å². The van der Waals surface area contributed by atoms with E-state index in [4.69, 9.17) is 9.84 Å². The first-order chi connectivity index (χ1) is 7.21. The molecule has 0 aliphatic carbocycles. The molecule has 16 heavy (non-hydrogen) atoms. The van der Waals surface area contributed by atoms with E-state index in [1.165, 1.54) is 13.8 Å². The molecular formula is C9H19NO5S. The second-order valence-corrected chi connectivity index (χ2v) is 5.95. The van der Waals surface area contributed by atoms with Crippen molar-refractivity contribution in [2.45, 2.75) is 20.8 Å². The van der Waals surface area contributed by atoms with Crippen molar-refractivity contribution in [1.82, 2.24) is 4.72 Å². The molecule has 0 bridgehead atoms. The third-order valence-corrected chi connectivity index (χ3v) is 3.30. The van der Waals surface area contributed by atoms with Crippen LogP contribution in [0.1, 0.15) is 20.8 Å². The number of hydrogen-bond acceptors (Lipinski definition) is 4. The van der Waals surface area contributed by atoms with Gasteiger partial charge in [-0.1, -0.05) is 0 Å². The first kappa shape index (κ1) is 15.3. The summed E-state index contributed by atoms with van der Waals surface area (Å²) in [7, 11) is -3.46. The lowest BCUT2D eigenvalue weighted by atomic mass is 9.95. The first-order valence-electron chi connectivity index (χ1n) is 5.00. The second kappa shape index (κ2) is 6.17. The first-order valence-corrected chi connectivity index (χ1v) is 6.65. The van der Waals surface area contributed by atoms with Gasteiger partial charge in [-0.05, 0) is 20.8 Å². The minimum atomic E-state index is -3.46. The number of sulfonamides is 1. The van der Waals surface area contributed by atoms with Crippen LogP contribution in [0.15, 0.2) is 0 Å². The van der Waals surface area contributed by atoms with E-state index in [1.807, 2.05) is 0 Å². The van der Waals surface area contributed by atoms with Gasteiger partial charge in [-0.3, -0.25) is 4.79 Å². The zero-order chi connectivity index (χ0) is 12.8. The van der Waals surface area contributed by atoms with Crippen LogP contribution in [0.5, 0.6) is 0 Å². The summed E-state index contributed by atoms with van der Waals surface area (Å²) in [4.78, 5) is 10.7. The number of nitrogens with one attached hydrogen (secondary N) is 1. The van der Waals surface area contributed by atoms with Crippen molar-refractivity contribution in [2.24, 2.45) is 5.41 Å². The Morgan fingerprint density at radius 3 is 2.44 bits per heavy atom. The van der Waals surface area contributed by atoms with Crippen LogP contribution in [-0.4, -0.2) is 45.0 Å².